The fraction of sp³-hybridized carbons (Fsp3) is 0.278. The number of oxazole rings is 1. The Morgan fingerprint density at radius 3 is 2.45 bits per heavy atom. The van der Waals surface area contributed by atoms with Gasteiger partial charge in [-0.05, 0) is 43.8 Å². The van der Waals surface area contributed by atoms with Crippen molar-refractivity contribution in [3.8, 4) is 0 Å². The Morgan fingerprint density at radius 1 is 1.05 bits per heavy atom. The highest BCUT2D eigenvalue weighted by Gasteiger charge is 2.14. The van der Waals surface area contributed by atoms with Crippen LogP contribution in [0.1, 0.15) is 19.4 Å². The van der Waals surface area contributed by atoms with E-state index in [0.29, 0.717) is 10.9 Å². The first-order valence-corrected chi connectivity index (χ1v) is 7.92. The van der Waals surface area contributed by atoms with Crippen LogP contribution in [0.5, 0.6) is 0 Å². The molecule has 0 saturated heterocycles. The second kappa shape index (κ2) is 6.46. The monoisotopic (exact) mass is 312 g/mol. The first kappa shape index (κ1) is 15.0. The number of benzene rings is 2. The van der Waals surface area contributed by atoms with Crippen LogP contribution in [0.3, 0.4) is 0 Å². The number of fused-ring (bicyclic) bond motifs is 1. The molecule has 0 amide bonds. The summed E-state index contributed by atoms with van der Waals surface area (Å²) >= 11 is 5.39. The van der Waals surface area contributed by atoms with Crippen molar-refractivity contribution >= 4 is 23.3 Å². The second-order valence-corrected chi connectivity index (χ2v) is 6.08. The molecule has 3 aromatic rings. The van der Waals surface area contributed by atoms with Crippen molar-refractivity contribution in [2.75, 3.05) is 0 Å². The maximum absolute atomic E-state index is 5.68. The van der Waals surface area contributed by atoms with Gasteiger partial charge in [0.15, 0.2) is 5.58 Å². The zero-order valence-electron chi connectivity index (χ0n) is 12.9. The van der Waals surface area contributed by atoms with Crippen LogP contribution in [-0.2, 0) is 13.2 Å². The third-order valence-electron chi connectivity index (χ3n) is 3.86. The Labute approximate surface area is 135 Å². The Morgan fingerprint density at radius 2 is 1.73 bits per heavy atom. The highest BCUT2D eigenvalue weighted by molar-refractivity contribution is 7.71. The fourth-order valence-electron chi connectivity index (χ4n) is 2.54. The van der Waals surface area contributed by atoms with Crippen LogP contribution < -0.4 is 0 Å². The van der Waals surface area contributed by atoms with Gasteiger partial charge in [-0.1, -0.05) is 42.5 Å². The predicted octanol–water partition coefficient (Wildman–Crippen LogP) is 4.83. The third-order valence-corrected chi connectivity index (χ3v) is 4.16. The molecule has 0 saturated carbocycles. The van der Waals surface area contributed by atoms with Crippen LogP contribution in [-0.4, -0.2) is 15.5 Å². The van der Waals surface area contributed by atoms with Crippen LogP contribution >= 0.6 is 12.2 Å². The SMILES string of the molecule is CC(C)N(Cc1ccccc1)Cn1c(=S)oc2ccccc21. The molecule has 2 aromatic carbocycles. The van der Waals surface area contributed by atoms with Gasteiger partial charge in [-0.2, -0.15) is 0 Å². The molecule has 22 heavy (non-hydrogen) atoms. The van der Waals surface area contributed by atoms with Gasteiger partial charge in [0.2, 0.25) is 0 Å². The summed E-state index contributed by atoms with van der Waals surface area (Å²) in [6, 6.07) is 18.9. The molecule has 3 nitrogen and oxygen atoms in total. The van der Waals surface area contributed by atoms with E-state index in [2.05, 4.69) is 53.6 Å². The molecule has 0 spiro atoms. The molecule has 0 fully saturated rings. The third kappa shape index (κ3) is 3.13. The van der Waals surface area contributed by atoms with Gasteiger partial charge in [0, 0.05) is 12.6 Å². The van der Waals surface area contributed by atoms with Crippen LogP contribution in [0.25, 0.3) is 11.1 Å². The van der Waals surface area contributed by atoms with Gasteiger partial charge in [-0.3, -0.25) is 9.47 Å². The number of para-hydroxylation sites is 2. The van der Waals surface area contributed by atoms with Crippen molar-refractivity contribution in [1.82, 2.24) is 9.47 Å². The standard InChI is InChI=1S/C18H20N2OS/c1-14(2)19(12-15-8-4-3-5-9-15)13-20-16-10-6-7-11-17(16)21-18(20)22/h3-11,14H,12-13H2,1-2H3. The number of nitrogens with zero attached hydrogens (tertiary/aromatic N) is 2. The van der Waals surface area contributed by atoms with E-state index in [1.807, 2.05) is 24.3 Å². The van der Waals surface area contributed by atoms with Gasteiger partial charge < -0.3 is 4.42 Å². The lowest BCUT2D eigenvalue weighted by molar-refractivity contribution is 0.162. The maximum atomic E-state index is 5.68. The zero-order valence-corrected chi connectivity index (χ0v) is 13.7. The normalized spacial score (nSPS) is 11.6. The summed E-state index contributed by atoms with van der Waals surface area (Å²) in [6.07, 6.45) is 0. The van der Waals surface area contributed by atoms with Gasteiger partial charge in [-0.15, -0.1) is 0 Å². The topological polar surface area (TPSA) is 21.3 Å². The average Bonchev–Trinajstić information content (AvgIpc) is 2.83. The maximum Gasteiger partial charge on any atom is 0.270 e. The fourth-order valence-corrected chi connectivity index (χ4v) is 2.79. The average molecular weight is 312 g/mol. The molecule has 1 aromatic heterocycles. The van der Waals surface area contributed by atoms with Gasteiger partial charge in [0.1, 0.15) is 0 Å². The highest BCUT2D eigenvalue weighted by Crippen LogP contribution is 2.19. The first-order valence-electron chi connectivity index (χ1n) is 7.51. The van der Waals surface area contributed by atoms with E-state index in [0.717, 1.165) is 24.3 Å². The molecule has 0 atom stereocenters. The number of rotatable bonds is 5. The minimum absolute atomic E-state index is 0.413. The predicted molar refractivity (Wildman–Crippen MR) is 92.2 cm³/mol. The molecule has 3 rings (SSSR count). The second-order valence-electron chi connectivity index (χ2n) is 5.73. The summed E-state index contributed by atoms with van der Waals surface area (Å²) < 4.78 is 7.74. The smallest absolute Gasteiger partial charge is 0.270 e. The number of hydrogen-bond acceptors (Lipinski definition) is 3. The van der Waals surface area contributed by atoms with E-state index in [1.165, 1.54) is 5.56 Å². The highest BCUT2D eigenvalue weighted by atomic mass is 32.1. The lowest BCUT2D eigenvalue weighted by Gasteiger charge is -2.26. The van der Waals surface area contributed by atoms with E-state index < -0.39 is 0 Å². The summed E-state index contributed by atoms with van der Waals surface area (Å²) in [5, 5.41) is 0. The van der Waals surface area contributed by atoms with Crippen LogP contribution in [0, 0.1) is 4.84 Å². The molecule has 0 aliphatic heterocycles. The van der Waals surface area contributed by atoms with Gasteiger partial charge in [0.25, 0.3) is 4.84 Å². The summed E-state index contributed by atoms with van der Waals surface area (Å²) in [6.45, 7) is 6.02. The summed E-state index contributed by atoms with van der Waals surface area (Å²) in [5.41, 5.74) is 3.19. The molecule has 0 radical (unpaired) electrons. The van der Waals surface area contributed by atoms with Crippen molar-refractivity contribution in [1.29, 1.82) is 0 Å². The van der Waals surface area contributed by atoms with Crippen LogP contribution in [0.4, 0.5) is 0 Å². The quantitative estimate of drug-likeness (QED) is 0.630. The molecule has 0 unspecified atom stereocenters. The van der Waals surface area contributed by atoms with E-state index in [9.17, 15) is 0 Å². The van der Waals surface area contributed by atoms with Crippen molar-refractivity contribution in [2.24, 2.45) is 0 Å². The van der Waals surface area contributed by atoms with E-state index in [1.54, 1.807) is 0 Å². The van der Waals surface area contributed by atoms with Gasteiger partial charge in [-0.25, -0.2) is 0 Å². The minimum Gasteiger partial charge on any atom is -0.429 e. The molecule has 0 N–H and O–H groups in total. The molecular weight excluding hydrogens is 292 g/mol. The number of aromatic nitrogens is 1. The van der Waals surface area contributed by atoms with Crippen LogP contribution in [0.15, 0.2) is 59.0 Å². The molecular formula is C18H20N2OS. The Kier molecular flexibility index (Phi) is 4.41. The van der Waals surface area contributed by atoms with E-state index in [-0.39, 0.29) is 0 Å². The zero-order chi connectivity index (χ0) is 15.5. The first-order chi connectivity index (χ1) is 10.6. The van der Waals surface area contributed by atoms with Gasteiger partial charge in [0.05, 0.1) is 12.2 Å². The van der Waals surface area contributed by atoms with Crippen LogP contribution in [0.2, 0.25) is 0 Å². The van der Waals surface area contributed by atoms with Gasteiger partial charge >= 0.3 is 0 Å². The Balaban J connectivity index is 1.90. The Bertz CT molecular complexity index is 805. The van der Waals surface area contributed by atoms with Crippen molar-refractivity contribution in [2.45, 2.75) is 33.1 Å². The molecule has 114 valence electrons. The van der Waals surface area contributed by atoms with Crippen molar-refractivity contribution < 1.29 is 4.42 Å². The summed E-state index contributed by atoms with van der Waals surface area (Å²) in [4.78, 5) is 2.91. The summed E-state index contributed by atoms with van der Waals surface area (Å²) in [7, 11) is 0. The van der Waals surface area contributed by atoms with E-state index >= 15 is 0 Å². The lowest BCUT2D eigenvalue weighted by atomic mass is 10.2. The molecule has 4 heteroatoms. The van der Waals surface area contributed by atoms with Crippen molar-refractivity contribution in [3.63, 3.8) is 0 Å². The van der Waals surface area contributed by atoms with Crippen molar-refractivity contribution in [3.05, 3.63) is 65.0 Å². The molecule has 0 bridgehead atoms. The summed E-state index contributed by atoms with van der Waals surface area (Å²) in [5.74, 6) is 0. The number of hydrogen-bond donors (Lipinski definition) is 0. The molecule has 1 heterocycles. The Hall–Kier alpha value is -1.91. The molecule has 0 aliphatic carbocycles. The molecule has 0 aliphatic rings. The minimum atomic E-state index is 0.413. The van der Waals surface area contributed by atoms with E-state index in [4.69, 9.17) is 16.6 Å². The lowest BCUT2D eigenvalue weighted by Crippen LogP contribution is -2.32. The largest absolute Gasteiger partial charge is 0.429 e.